The van der Waals surface area contributed by atoms with Gasteiger partial charge in [-0.2, -0.15) is 0 Å². The second kappa shape index (κ2) is 6.37. The summed E-state index contributed by atoms with van der Waals surface area (Å²) in [4.78, 5) is 2.65. The van der Waals surface area contributed by atoms with Gasteiger partial charge < -0.3 is 9.84 Å². The predicted octanol–water partition coefficient (Wildman–Crippen LogP) is 3.11. The van der Waals surface area contributed by atoms with Crippen LogP contribution in [0.1, 0.15) is 12.0 Å². The normalized spacial score (nSPS) is 10.1. The van der Waals surface area contributed by atoms with E-state index < -0.39 is 0 Å². The Bertz CT molecular complexity index is 423. The van der Waals surface area contributed by atoms with Gasteiger partial charge in [0, 0.05) is 17.0 Å². The first-order valence-corrected chi connectivity index (χ1v) is 4.82. The van der Waals surface area contributed by atoms with Crippen molar-refractivity contribution in [3.63, 3.8) is 0 Å². The van der Waals surface area contributed by atoms with Crippen molar-refractivity contribution in [1.82, 2.24) is 0 Å². The average Bonchev–Trinajstić information content (AvgIpc) is 2.29. The second-order valence-electron chi connectivity index (χ2n) is 3.07. The van der Waals surface area contributed by atoms with Crippen molar-refractivity contribution in [1.29, 1.82) is 0 Å². The lowest BCUT2D eigenvalue weighted by molar-refractivity contribution is 0.411. The highest BCUT2D eigenvalue weighted by atomic mass is 16.5. The largest absolute Gasteiger partial charge is 0.508 e. The van der Waals surface area contributed by atoms with Crippen molar-refractivity contribution in [3.05, 3.63) is 40.3 Å². The minimum absolute atomic E-state index is 0.190. The summed E-state index contributed by atoms with van der Waals surface area (Å²) in [5.74, 6) is 0.883. The molecule has 0 spiro atoms. The number of azide groups is 1. The van der Waals surface area contributed by atoms with E-state index in [1.54, 1.807) is 25.3 Å². The fourth-order valence-corrected chi connectivity index (χ4v) is 1.24. The number of nitrogens with zero attached hydrogens (tertiary/aromatic N) is 3. The fourth-order valence-electron chi connectivity index (χ4n) is 1.24. The average molecular weight is 219 g/mol. The van der Waals surface area contributed by atoms with Gasteiger partial charge in [0.15, 0.2) is 0 Å². The molecule has 0 fully saturated rings. The number of methoxy groups -OCH3 is 1. The minimum atomic E-state index is 0.190. The molecule has 0 radical (unpaired) electrons. The molecule has 0 aliphatic rings. The molecule has 0 heterocycles. The van der Waals surface area contributed by atoms with Crippen molar-refractivity contribution >= 4 is 6.08 Å². The van der Waals surface area contributed by atoms with E-state index in [1.165, 1.54) is 0 Å². The number of rotatable bonds is 5. The molecule has 0 saturated carbocycles. The zero-order valence-electron chi connectivity index (χ0n) is 9.00. The molecule has 5 nitrogen and oxygen atoms in total. The van der Waals surface area contributed by atoms with Gasteiger partial charge in [0.25, 0.3) is 0 Å². The van der Waals surface area contributed by atoms with Crippen LogP contribution >= 0.6 is 0 Å². The van der Waals surface area contributed by atoms with E-state index in [4.69, 9.17) is 10.3 Å². The number of aromatic hydroxyl groups is 1. The summed E-state index contributed by atoms with van der Waals surface area (Å²) in [6.07, 6.45) is 4.35. The fraction of sp³-hybridized carbons (Fsp3) is 0.273. The highest BCUT2D eigenvalue weighted by Crippen LogP contribution is 2.24. The van der Waals surface area contributed by atoms with Gasteiger partial charge in [0.05, 0.1) is 7.11 Å². The summed E-state index contributed by atoms with van der Waals surface area (Å²) in [6.45, 7) is 0.425. The molecule has 0 aliphatic heterocycles. The number of hydrogen-bond acceptors (Lipinski definition) is 3. The van der Waals surface area contributed by atoms with Gasteiger partial charge in [-0.1, -0.05) is 17.3 Å². The van der Waals surface area contributed by atoms with Crippen LogP contribution in [-0.4, -0.2) is 18.8 Å². The molecule has 1 aromatic carbocycles. The lowest BCUT2D eigenvalue weighted by Gasteiger charge is -2.04. The molecule has 1 aromatic rings. The highest BCUT2D eigenvalue weighted by Gasteiger charge is 1.99. The van der Waals surface area contributed by atoms with Crippen LogP contribution in [-0.2, 0) is 0 Å². The first kappa shape index (κ1) is 11.9. The Kier molecular flexibility index (Phi) is 4.76. The number of phenolic OH excluding ortho intramolecular Hbond substituents is 1. The minimum Gasteiger partial charge on any atom is -0.508 e. The molecule has 0 amide bonds. The number of ether oxygens (including phenoxy) is 1. The first-order valence-electron chi connectivity index (χ1n) is 4.82. The molecule has 0 aliphatic carbocycles. The molecule has 16 heavy (non-hydrogen) atoms. The van der Waals surface area contributed by atoms with Gasteiger partial charge in [-0.15, -0.1) is 0 Å². The maximum atomic E-state index is 9.32. The molecule has 0 bridgehead atoms. The van der Waals surface area contributed by atoms with Gasteiger partial charge in [-0.05, 0) is 30.2 Å². The number of hydrogen-bond donors (Lipinski definition) is 1. The predicted molar refractivity (Wildman–Crippen MR) is 62.3 cm³/mol. The van der Waals surface area contributed by atoms with Gasteiger partial charge in [0.1, 0.15) is 11.5 Å². The Morgan fingerprint density at radius 3 is 3.06 bits per heavy atom. The van der Waals surface area contributed by atoms with Crippen LogP contribution < -0.4 is 4.74 Å². The van der Waals surface area contributed by atoms with Crippen LogP contribution in [0, 0.1) is 0 Å². The van der Waals surface area contributed by atoms with Crippen molar-refractivity contribution in [2.45, 2.75) is 6.42 Å². The quantitative estimate of drug-likeness (QED) is 0.357. The van der Waals surface area contributed by atoms with Crippen LogP contribution in [0.4, 0.5) is 0 Å². The summed E-state index contributed by atoms with van der Waals surface area (Å²) in [7, 11) is 1.57. The van der Waals surface area contributed by atoms with Crippen LogP contribution in [0.25, 0.3) is 16.5 Å². The molecule has 0 atom stereocenters. The third-order valence-electron chi connectivity index (χ3n) is 1.97. The lowest BCUT2D eigenvalue weighted by atomic mass is 10.1. The summed E-state index contributed by atoms with van der Waals surface area (Å²) in [5, 5.41) is 12.7. The van der Waals surface area contributed by atoms with Crippen molar-refractivity contribution in [3.8, 4) is 11.5 Å². The number of phenols is 1. The van der Waals surface area contributed by atoms with E-state index in [2.05, 4.69) is 10.0 Å². The third kappa shape index (κ3) is 3.55. The molecule has 0 unspecified atom stereocenters. The lowest BCUT2D eigenvalue weighted by Crippen LogP contribution is -1.86. The van der Waals surface area contributed by atoms with E-state index in [-0.39, 0.29) is 5.75 Å². The molecule has 84 valence electrons. The summed E-state index contributed by atoms with van der Waals surface area (Å²) >= 11 is 0. The zero-order chi connectivity index (χ0) is 11.8. The molecular formula is C11H13N3O2. The molecular weight excluding hydrogens is 206 g/mol. The highest BCUT2D eigenvalue weighted by molar-refractivity contribution is 5.59. The number of benzene rings is 1. The van der Waals surface area contributed by atoms with Crippen molar-refractivity contribution in [2.24, 2.45) is 5.11 Å². The Morgan fingerprint density at radius 2 is 2.38 bits per heavy atom. The second-order valence-corrected chi connectivity index (χ2v) is 3.07. The van der Waals surface area contributed by atoms with E-state index in [9.17, 15) is 5.11 Å². The summed E-state index contributed by atoms with van der Waals surface area (Å²) in [5.41, 5.74) is 8.88. The standard InChI is InChI=1S/C11H13N3O2/c1-16-11-6-5-10(15)8-9(11)4-2-3-7-13-14-12/h2,4-6,8,15H,3,7H2,1H3. The third-order valence-corrected chi connectivity index (χ3v) is 1.97. The van der Waals surface area contributed by atoms with Crippen molar-refractivity contribution in [2.75, 3.05) is 13.7 Å². The van der Waals surface area contributed by atoms with E-state index in [0.717, 1.165) is 5.56 Å². The van der Waals surface area contributed by atoms with E-state index in [0.29, 0.717) is 18.7 Å². The molecule has 5 heteroatoms. The van der Waals surface area contributed by atoms with Gasteiger partial charge >= 0.3 is 0 Å². The van der Waals surface area contributed by atoms with Gasteiger partial charge in [0.2, 0.25) is 0 Å². The Balaban J connectivity index is 2.71. The maximum Gasteiger partial charge on any atom is 0.126 e. The van der Waals surface area contributed by atoms with Crippen LogP contribution in [0.2, 0.25) is 0 Å². The maximum absolute atomic E-state index is 9.32. The Morgan fingerprint density at radius 1 is 1.56 bits per heavy atom. The topological polar surface area (TPSA) is 78.2 Å². The summed E-state index contributed by atoms with van der Waals surface area (Å²) in [6, 6.07) is 4.88. The van der Waals surface area contributed by atoms with E-state index in [1.807, 2.05) is 12.2 Å². The molecule has 1 rings (SSSR count). The van der Waals surface area contributed by atoms with Crippen LogP contribution in [0.3, 0.4) is 0 Å². The summed E-state index contributed by atoms with van der Waals surface area (Å²) < 4.78 is 5.13. The Labute approximate surface area is 93.6 Å². The van der Waals surface area contributed by atoms with Gasteiger partial charge in [-0.25, -0.2) is 0 Å². The first-order chi connectivity index (χ1) is 7.77. The van der Waals surface area contributed by atoms with E-state index >= 15 is 0 Å². The molecule has 1 N–H and O–H groups in total. The van der Waals surface area contributed by atoms with Crippen molar-refractivity contribution < 1.29 is 9.84 Å². The molecule has 0 aromatic heterocycles. The smallest absolute Gasteiger partial charge is 0.126 e. The molecule has 0 saturated heterocycles. The SMILES string of the molecule is COc1ccc(O)cc1C=CCCN=[N+]=[N-]. The Hall–Kier alpha value is -2.13. The zero-order valence-corrected chi connectivity index (χ0v) is 9.00. The van der Waals surface area contributed by atoms with Gasteiger partial charge in [-0.3, -0.25) is 0 Å². The monoisotopic (exact) mass is 219 g/mol. The van der Waals surface area contributed by atoms with Crippen LogP contribution in [0.5, 0.6) is 11.5 Å². The van der Waals surface area contributed by atoms with Crippen LogP contribution in [0.15, 0.2) is 29.4 Å².